The van der Waals surface area contributed by atoms with E-state index in [2.05, 4.69) is 24.0 Å². The number of carbonyl (C=O) groups excluding carboxylic acids is 1. The van der Waals surface area contributed by atoms with Crippen molar-refractivity contribution in [2.45, 2.75) is 19.8 Å². The number of halogens is 1. The van der Waals surface area contributed by atoms with Gasteiger partial charge in [-0.2, -0.15) is 0 Å². The standard InChI is InChI=1S/C30H29ClN4O/c1-22-27(20-24-12-14-26(31)15-13-24)30(33-29(32-22)25-10-6-3-7-11-25)35-18-16-34(17-19-35)28(36)21-23-8-4-2-5-9-23/h2-15H,16-21H2,1H3. The Balaban J connectivity index is 1.40. The minimum absolute atomic E-state index is 0.172. The molecule has 1 aromatic heterocycles. The fraction of sp³-hybridized carbons (Fsp3) is 0.233. The molecule has 1 aliphatic rings. The molecule has 0 spiro atoms. The van der Waals surface area contributed by atoms with Crippen molar-refractivity contribution >= 4 is 23.3 Å². The number of nitrogens with zero attached hydrogens (tertiary/aromatic N) is 4. The Hall–Kier alpha value is -3.70. The van der Waals surface area contributed by atoms with Crippen LogP contribution in [0.4, 0.5) is 5.82 Å². The largest absolute Gasteiger partial charge is 0.353 e. The zero-order chi connectivity index (χ0) is 24.9. The predicted octanol–water partition coefficient (Wildman–Crippen LogP) is 5.59. The van der Waals surface area contributed by atoms with Crippen molar-refractivity contribution in [2.24, 2.45) is 0 Å². The SMILES string of the molecule is Cc1nc(-c2ccccc2)nc(N2CCN(C(=O)Cc3ccccc3)CC2)c1Cc1ccc(Cl)cc1. The van der Waals surface area contributed by atoms with Crippen LogP contribution in [0.2, 0.25) is 5.02 Å². The topological polar surface area (TPSA) is 49.3 Å². The molecule has 0 aliphatic carbocycles. The molecule has 5 nitrogen and oxygen atoms in total. The van der Waals surface area contributed by atoms with Crippen molar-refractivity contribution in [1.29, 1.82) is 0 Å². The number of hydrogen-bond donors (Lipinski definition) is 0. The first kappa shape index (κ1) is 24.0. The molecule has 1 saturated heterocycles. The van der Waals surface area contributed by atoms with Crippen LogP contribution in [0.3, 0.4) is 0 Å². The zero-order valence-electron chi connectivity index (χ0n) is 20.4. The molecule has 6 heteroatoms. The molecule has 2 heterocycles. The van der Waals surface area contributed by atoms with E-state index in [-0.39, 0.29) is 5.91 Å². The van der Waals surface area contributed by atoms with Crippen LogP contribution >= 0.6 is 11.6 Å². The summed E-state index contributed by atoms with van der Waals surface area (Å²) in [5, 5.41) is 0.725. The molecular weight excluding hydrogens is 468 g/mol. The van der Waals surface area contributed by atoms with Gasteiger partial charge >= 0.3 is 0 Å². The van der Waals surface area contributed by atoms with Crippen LogP contribution in [-0.4, -0.2) is 47.0 Å². The molecule has 0 bridgehead atoms. The molecule has 4 aromatic rings. The number of hydrogen-bond acceptors (Lipinski definition) is 4. The summed E-state index contributed by atoms with van der Waals surface area (Å²) in [6.45, 7) is 4.88. The van der Waals surface area contributed by atoms with Crippen LogP contribution in [-0.2, 0) is 17.6 Å². The minimum Gasteiger partial charge on any atom is -0.353 e. The molecule has 182 valence electrons. The van der Waals surface area contributed by atoms with E-state index < -0.39 is 0 Å². The lowest BCUT2D eigenvalue weighted by molar-refractivity contribution is -0.130. The van der Waals surface area contributed by atoms with Gasteiger partial charge in [0, 0.05) is 54.4 Å². The van der Waals surface area contributed by atoms with Gasteiger partial charge in [-0.05, 0) is 30.2 Å². The van der Waals surface area contributed by atoms with Gasteiger partial charge in [0.25, 0.3) is 0 Å². The van der Waals surface area contributed by atoms with E-state index in [1.165, 1.54) is 0 Å². The highest BCUT2D eigenvalue weighted by atomic mass is 35.5. The summed E-state index contributed by atoms with van der Waals surface area (Å²) in [6, 6.07) is 28.0. The number of piperazine rings is 1. The van der Waals surface area contributed by atoms with E-state index in [1.807, 2.05) is 77.7 Å². The molecule has 1 fully saturated rings. The smallest absolute Gasteiger partial charge is 0.227 e. The minimum atomic E-state index is 0.172. The molecule has 5 rings (SSSR count). The number of aryl methyl sites for hydroxylation is 1. The summed E-state index contributed by atoms with van der Waals surface area (Å²) in [6.07, 6.45) is 1.16. The van der Waals surface area contributed by atoms with Gasteiger partial charge in [0.15, 0.2) is 5.82 Å². The van der Waals surface area contributed by atoms with E-state index in [1.54, 1.807) is 0 Å². The summed E-state index contributed by atoms with van der Waals surface area (Å²) in [4.78, 5) is 27.1. The van der Waals surface area contributed by atoms with E-state index in [0.717, 1.165) is 64.1 Å². The number of benzene rings is 3. The second kappa shape index (κ2) is 10.9. The Morgan fingerprint density at radius 2 is 1.44 bits per heavy atom. The fourth-order valence-corrected chi connectivity index (χ4v) is 4.75. The normalized spacial score (nSPS) is 13.6. The van der Waals surface area contributed by atoms with Crippen molar-refractivity contribution in [1.82, 2.24) is 14.9 Å². The van der Waals surface area contributed by atoms with Gasteiger partial charge < -0.3 is 9.80 Å². The highest BCUT2D eigenvalue weighted by molar-refractivity contribution is 6.30. The number of aromatic nitrogens is 2. The van der Waals surface area contributed by atoms with Crippen LogP contribution in [0, 0.1) is 6.92 Å². The Bertz CT molecular complexity index is 1320. The van der Waals surface area contributed by atoms with E-state index >= 15 is 0 Å². The van der Waals surface area contributed by atoms with E-state index in [0.29, 0.717) is 19.5 Å². The Labute approximate surface area is 217 Å². The number of amides is 1. The third kappa shape index (κ3) is 5.58. The quantitative estimate of drug-likeness (QED) is 0.349. The van der Waals surface area contributed by atoms with Gasteiger partial charge in [-0.1, -0.05) is 84.4 Å². The summed E-state index contributed by atoms with van der Waals surface area (Å²) in [5.74, 6) is 1.85. The van der Waals surface area contributed by atoms with Crippen LogP contribution < -0.4 is 4.90 Å². The van der Waals surface area contributed by atoms with Crippen molar-refractivity contribution in [3.63, 3.8) is 0 Å². The summed E-state index contributed by atoms with van der Waals surface area (Å²) < 4.78 is 0. The highest BCUT2D eigenvalue weighted by Crippen LogP contribution is 2.28. The maximum atomic E-state index is 12.9. The second-order valence-electron chi connectivity index (χ2n) is 9.13. The van der Waals surface area contributed by atoms with Gasteiger partial charge in [-0.25, -0.2) is 9.97 Å². The molecule has 36 heavy (non-hydrogen) atoms. The maximum absolute atomic E-state index is 12.9. The molecule has 0 radical (unpaired) electrons. The van der Waals surface area contributed by atoms with Gasteiger partial charge in [0.2, 0.25) is 5.91 Å². The van der Waals surface area contributed by atoms with Gasteiger partial charge in [-0.3, -0.25) is 4.79 Å². The average Bonchev–Trinajstić information content (AvgIpc) is 2.92. The molecule has 0 atom stereocenters. The molecule has 0 N–H and O–H groups in total. The van der Waals surface area contributed by atoms with Crippen molar-refractivity contribution in [2.75, 3.05) is 31.1 Å². The number of rotatable bonds is 6. The van der Waals surface area contributed by atoms with Gasteiger partial charge in [-0.15, -0.1) is 0 Å². The van der Waals surface area contributed by atoms with Crippen LogP contribution in [0.25, 0.3) is 11.4 Å². The second-order valence-corrected chi connectivity index (χ2v) is 9.57. The maximum Gasteiger partial charge on any atom is 0.227 e. The molecular formula is C30H29ClN4O. The summed E-state index contributed by atoms with van der Waals surface area (Å²) in [7, 11) is 0. The van der Waals surface area contributed by atoms with Gasteiger partial charge in [0.05, 0.1) is 6.42 Å². The molecule has 3 aromatic carbocycles. The summed E-state index contributed by atoms with van der Waals surface area (Å²) >= 11 is 6.11. The Morgan fingerprint density at radius 1 is 0.806 bits per heavy atom. The Kier molecular flexibility index (Phi) is 7.28. The van der Waals surface area contributed by atoms with Crippen LogP contribution in [0.5, 0.6) is 0 Å². The summed E-state index contributed by atoms with van der Waals surface area (Å²) in [5.41, 5.74) is 5.29. The lowest BCUT2D eigenvalue weighted by Crippen LogP contribution is -2.49. The third-order valence-electron chi connectivity index (χ3n) is 6.65. The highest BCUT2D eigenvalue weighted by Gasteiger charge is 2.25. The monoisotopic (exact) mass is 496 g/mol. The first-order chi connectivity index (χ1) is 17.6. The zero-order valence-corrected chi connectivity index (χ0v) is 21.2. The first-order valence-corrected chi connectivity index (χ1v) is 12.7. The van der Waals surface area contributed by atoms with E-state index in [9.17, 15) is 4.79 Å². The van der Waals surface area contributed by atoms with Crippen molar-refractivity contribution in [3.05, 3.63) is 112 Å². The van der Waals surface area contributed by atoms with Crippen LogP contribution in [0.15, 0.2) is 84.9 Å². The van der Waals surface area contributed by atoms with Gasteiger partial charge in [0.1, 0.15) is 5.82 Å². The number of anilines is 1. The lowest BCUT2D eigenvalue weighted by Gasteiger charge is -2.36. The van der Waals surface area contributed by atoms with Crippen molar-refractivity contribution in [3.8, 4) is 11.4 Å². The molecule has 0 saturated carbocycles. The Morgan fingerprint density at radius 3 is 2.11 bits per heavy atom. The number of carbonyl (C=O) groups is 1. The van der Waals surface area contributed by atoms with Crippen molar-refractivity contribution < 1.29 is 4.79 Å². The van der Waals surface area contributed by atoms with E-state index in [4.69, 9.17) is 21.6 Å². The average molecular weight is 497 g/mol. The lowest BCUT2D eigenvalue weighted by atomic mass is 10.0. The fourth-order valence-electron chi connectivity index (χ4n) is 4.62. The third-order valence-corrected chi connectivity index (χ3v) is 6.90. The predicted molar refractivity (Wildman–Crippen MR) is 145 cm³/mol. The first-order valence-electron chi connectivity index (χ1n) is 12.3. The molecule has 1 aliphatic heterocycles. The molecule has 0 unspecified atom stereocenters. The molecule has 1 amide bonds. The van der Waals surface area contributed by atoms with Crippen LogP contribution in [0.1, 0.15) is 22.4 Å².